The summed E-state index contributed by atoms with van der Waals surface area (Å²) in [7, 11) is -3.42. The van der Waals surface area contributed by atoms with Crippen LogP contribution in [0.25, 0.3) is 0 Å². The second kappa shape index (κ2) is 6.37. The van der Waals surface area contributed by atoms with Gasteiger partial charge in [0.25, 0.3) is 0 Å². The third-order valence-electron chi connectivity index (χ3n) is 3.33. The quantitative estimate of drug-likeness (QED) is 0.923. The number of sulfonamides is 1. The molecular formula is C16H18FNO2S. The first-order valence-corrected chi connectivity index (χ1v) is 8.29. The lowest BCUT2D eigenvalue weighted by atomic mass is 10.1. The maximum absolute atomic E-state index is 13.2. The van der Waals surface area contributed by atoms with E-state index in [4.69, 9.17) is 0 Å². The predicted molar refractivity (Wildman–Crippen MR) is 81.8 cm³/mol. The molecule has 0 saturated heterocycles. The predicted octanol–water partition coefficient (Wildman–Crippen LogP) is 3.06. The van der Waals surface area contributed by atoms with E-state index in [9.17, 15) is 12.8 Å². The second-order valence-corrected chi connectivity index (χ2v) is 6.90. The zero-order chi connectivity index (χ0) is 15.5. The molecule has 0 spiro atoms. The van der Waals surface area contributed by atoms with Gasteiger partial charge in [0.05, 0.1) is 5.75 Å². The summed E-state index contributed by atoms with van der Waals surface area (Å²) in [5.74, 6) is -0.346. The van der Waals surface area contributed by atoms with Crippen LogP contribution >= 0.6 is 0 Å². The highest BCUT2D eigenvalue weighted by molar-refractivity contribution is 7.88. The first-order chi connectivity index (χ1) is 9.87. The van der Waals surface area contributed by atoms with Crippen LogP contribution in [0.5, 0.6) is 0 Å². The second-order valence-electron chi connectivity index (χ2n) is 5.09. The average molecular weight is 307 g/mol. The van der Waals surface area contributed by atoms with Crippen molar-refractivity contribution in [3.63, 3.8) is 0 Å². The van der Waals surface area contributed by atoms with Gasteiger partial charge in [0.15, 0.2) is 0 Å². The monoisotopic (exact) mass is 307 g/mol. The van der Waals surface area contributed by atoms with Crippen LogP contribution in [0.3, 0.4) is 0 Å². The van der Waals surface area contributed by atoms with Gasteiger partial charge in [0.2, 0.25) is 10.0 Å². The molecule has 0 bridgehead atoms. The van der Waals surface area contributed by atoms with E-state index >= 15 is 0 Å². The normalized spacial score (nSPS) is 11.6. The van der Waals surface area contributed by atoms with E-state index in [1.54, 1.807) is 25.1 Å². The lowest BCUT2D eigenvalue weighted by Crippen LogP contribution is -2.25. The van der Waals surface area contributed by atoms with E-state index in [0.29, 0.717) is 5.56 Å². The van der Waals surface area contributed by atoms with Crippen LogP contribution in [-0.4, -0.2) is 8.42 Å². The van der Waals surface area contributed by atoms with Crippen LogP contribution in [0.15, 0.2) is 42.5 Å². The molecule has 0 aliphatic rings. The smallest absolute Gasteiger partial charge is 0.212 e. The van der Waals surface area contributed by atoms with Crippen LogP contribution in [0.2, 0.25) is 0 Å². The largest absolute Gasteiger partial charge is 0.216 e. The molecule has 112 valence electrons. The number of benzene rings is 2. The van der Waals surface area contributed by atoms with Crippen molar-refractivity contribution < 1.29 is 12.8 Å². The van der Waals surface area contributed by atoms with Gasteiger partial charge in [0.1, 0.15) is 5.82 Å². The van der Waals surface area contributed by atoms with Crippen molar-refractivity contribution in [1.82, 2.24) is 4.72 Å². The zero-order valence-electron chi connectivity index (χ0n) is 12.1. The third-order valence-corrected chi connectivity index (χ3v) is 4.60. The zero-order valence-corrected chi connectivity index (χ0v) is 12.9. The van der Waals surface area contributed by atoms with Gasteiger partial charge in [-0.15, -0.1) is 0 Å². The molecule has 21 heavy (non-hydrogen) atoms. The summed E-state index contributed by atoms with van der Waals surface area (Å²) >= 11 is 0. The molecule has 0 atom stereocenters. The summed E-state index contributed by atoms with van der Waals surface area (Å²) < 4.78 is 39.9. The SMILES string of the molecule is Cc1cc(CNS(=O)(=O)Cc2ccccc2C)ccc1F. The minimum atomic E-state index is -3.42. The molecule has 0 radical (unpaired) electrons. The Labute approximate surface area is 124 Å². The maximum Gasteiger partial charge on any atom is 0.216 e. The summed E-state index contributed by atoms with van der Waals surface area (Å²) in [5, 5.41) is 0. The van der Waals surface area contributed by atoms with E-state index in [1.807, 2.05) is 25.1 Å². The lowest BCUT2D eigenvalue weighted by Gasteiger charge is -2.09. The highest BCUT2D eigenvalue weighted by Crippen LogP contribution is 2.12. The van der Waals surface area contributed by atoms with E-state index in [0.717, 1.165) is 16.7 Å². The van der Waals surface area contributed by atoms with Crippen LogP contribution in [0.1, 0.15) is 22.3 Å². The molecule has 3 nitrogen and oxygen atoms in total. The van der Waals surface area contributed by atoms with Crippen molar-refractivity contribution in [1.29, 1.82) is 0 Å². The molecular weight excluding hydrogens is 289 g/mol. The highest BCUT2D eigenvalue weighted by atomic mass is 32.2. The van der Waals surface area contributed by atoms with Crippen molar-refractivity contribution in [2.75, 3.05) is 0 Å². The Morgan fingerprint density at radius 2 is 1.76 bits per heavy atom. The Hall–Kier alpha value is -1.72. The molecule has 0 saturated carbocycles. The van der Waals surface area contributed by atoms with E-state index in [2.05, 4.69) is 4.72 Å². The molecule has 0 amide bonds. The number of hydrogen-bond acceptors (Lipinski definition) is 2. The van der Waals surface area contributed by atoms with Crippen LogP contribution in [0, 0.1) is 19.7 Å². The van der Waals surface area contributed by atoms with Crippen molar-refractivity contribution in [3.8, 4) is 0 Å². The van der Waals surface area contributed by atoms with Crippen LogP contribution in [0.4, 0.5) is 4.39 Å². The van der Waals surface area contributed by atoms with Crippen molar-refractivity contribution in [2.24, 2.45) is 0 Å². The Bertz CT molecular complexity index is 742. The minimum absolute atomic E-state index is 0.0557. The number of rotatable bonds is 5. The average Bonchev–Trinajstić information content (AvgIpc) is 2.43. The number of nitrogens with one attached hydrogen (secondary N) is 1. The van der Waals surface area contributed by atoms with Crippen molar-refractivity contribution in [3.05, 3.63) is 70.5 Å². The van der Waals surface area contributed by atoms with E-state index < -0.39 is 10.0 Å². The Kier molecular flexibility index (Phi) is 4.75. The van der Waals surface area contributed by atoms with Gasteiger partial charge in [-0.1, -0.05) is 36.4 Å². The molecule has 0 aromatic heterocycles. The van der Waals surface area contributed by atoms with Gasteiger partial charge in [-0.05, 0) is 42.2 Å². The minimum Gasteiger partial charge on any atom is -0.212 e. The number of halogens is 1. The number of hydrogen-bond donors (Lipinski definition) is 1. The van der Waals surface area contributed by atoms with Crippen molar-refractivity contribution in [2.45, 2.75) is 26.1 Å². The maximum atomic E-state index is 13.2. The Balaban J connectivity index is 2.04. The fourth-order valence-corrected chi connectivity index (χ4v) is 3.26. The number of aryl methyl sites for hydroxylation is 2. The van der Waals surface area contributed by atoms with Gasteiger partial charge >= 0.3 is 0 Å². The Morgan fingerprint density at radius 1 is 1.05 bits per heavy atom. The van der Waals surface area contributed by atoms with Crippen LogP contribution in [-0.2, 0) is 22.3 Å². The van der Waals surface area contributed by atoms with Gasteiger partial charge < -0.3 is 0 Å². The third kappa shape index (κ3) is 4.37. The van der Waals surface area contributed by atoms with Gasteiger partial charge in [-0.25, -0.2) is 17.5 Å². The standard InChI is InChI=1S/C16H18FNO2S/c1-12-5-3-4-6-15(12)11-21(19,20)18-10-14-7-8-16(17)13(2)9-14/h3-9,18H,10-11H2,1-2H3. The summed E-state index contributed by atoms with van der Waals surface area (Å²) in [5.41, 5.74) is 2.97. The van der Waals surface area contributed by atoms with Gasteiger partial charge in [-0.2, -0.15) is 0 Å². The first-order valence-electron chi connectivity index (χ1n) is 6.64. The molecule has 2 aromatic rings. The summed E-state index contributed by atoms with van der Waals surface area (Å²) in [6, 6.07) is 12.0. The molecule has 0 fully saturated rings. The molecule has 0 aliphatic carbocycles. The molecule has 5 heteroatoms. The molecule has 0 heterocycles. The van der Waals surface area contributed by atoms with E-state index in [1.165, 1.54) is 6.07 Å². The topological polar surface area (TPSA) is 46.2 Å². The van der Waals surface area contributed by atoms with Crippen molar-refractivity contribution >= 4 is 10.0 Å². The summed E-state index contributed by atoms with van der Waals surface area (Å²) in [6.45, 7) is 3.70. The fourth-order valence-electron chi connectivity index (χ4n) is 2.04. The van der Waals surface area contributed by atoms with E-state index in [-0.39, 0.29) is 18.1 Å². The molecule has 2 aromatic carbocycles. The van der Waals surface area contributed by atoms with Gasteiger partial charge in [-0.3, -0.25) is 0 Å². The summed E-state index contributed by atoms with van der Waals surface area (Å²) in [4.78, 5) is 0. The first kappa shape index (κ1) is 15.7. The fraction of sp³-hybridized carbons (Fsp3) is 0.250. The molecule has 1 N–H and O–H groups in total. The lowest BCUT2D eigenvalue weighted by molar-refractivity contribution is 0.580. The van der Waals surface area contributed by atoms with Gasteiger partial charge in [0, 0.05) is 6.54 Å². The molecule has 0 unspecified atom stereocenters. The highest BCUT2D eigenvalue weighted by Gasteiger charge is 2.13. The molecule has 0 aliphatic heterocycles. The Morgan fingerprint density at radius 3 is 2.43 bits per heavy atom. The van der Waals surface area contributed by atoms with Crippen LogP contribution < -0.4 is 4.72 Å². The molecule has 2 rings (SSSR count). The summed E-state index contributed by atoms with van der Waals surface area (Å²) in [6.07, 6.45) is 0.